The maximum Gasteiger partial charge on any atom is 1.00 e. The Kier molecular flexibility index (Phi) is 11.9. The summed E-state index contributed by atoms with van der Waals surface area (Å²) in [5.74, 6) is -3.05. The predicted octanol–water partition coefficient (Wildman–Crippen LogP) is -3.06. The standard InChI is InChI=1S/C17H15N3O6.2Na.2H/c21-14-6-5-12(9-13(14)17(25)26)20-19-11-3-1-10(2-4-11)16(24)18-8-7-15(22)23;;;;/h1-6,9,21H,7-8H2,(H,18,24)(H,22,23)(H,25,26);;;;/q;2*+1;2*-1. The van der Waals surface area contributed by atoms with Gasteiger partial charge in [0.05, 0.1) is 17.8 Å². The molecule has 0 bridgehead atoms. The van der Waals surface area contributed by atoms with Crippen molar-refractivity contribution in [2.75, 3.05) is 6.54 Å². The molecule has 0 radical (unpaired) electrons. The van der Waals surface area contributed by atoms with Gasteiger partial charge in [0.1, 0.15) is 11.3 Å². The Bertz CT molecular complexity index is 882. The first-order chi connectivity index (χ1) is 12.4. The number of carbonyl (C=O) groups is 3. The number of benzene rings is 2. The van der Waals surface area contributed by atoms with Crippen molar-refractivity contribution in [3.8, 4) is 5.75 Å². The second kappa shape index (κ2) is 12.7. The average Bonchev–Trinajstić information content (AvgIpc) is 2.60. The molecule has 138 valence electrons. The summed E-state index contributed by atoms with van der Waals surface area (Å²) in [6.45, 7) is 0.0301. The molecule has 0 saturated heterocycles. The van der Waals surface area contributed by atoms with Gasteiger partial charge in [0.2, 0.25) is 0 Å². The van der Waals surface area contributed by atoms with Crippen molar-refractivity contribution >= 4 is 29.2 Å². The third-order valence-corrected chi connectivity index (χ3v) is 3.25. The average molecular weight is 405 g/mol. The van der Waals surface area contributed by atoms with Crippen LogP contribution >= 0.6 is 0 Å². The molecule has 0 aliphatic heterocycles. The van der Waals surface area contributed by atoms with E-state index >= 15 is 0 Å². The molecular formula is C17H17N3Na2O6. The van der Waals surface area contributed by atoms with E-state index in [2.05, 4.69) is 15.5 Å². The molecule has 2 aromatic carbocycles. The first kappa shape index (κ1) is 26.2. The number of aromatic carboxylic acids is 1. The smallest absolute Gasteiger partial charge is 1.00 e. The van der Waals surface area contributed by atoms with Gasteiger partial charge in [0, 0.05) is 12.1 Å². The first-order valence-electron chi connectivity index (χ1n) is 7.45. The number of amides is 1. The number of hydrogen-bond acceptors (Lipinski definition) is 6. The topological polar surface area (TPSA) is 149 Å². The summed E-state index contributed by atoms with van der Waals surface area (Å²) < 4.78 is 0. The molecular weight excluding hydrogens is 388 g/mol. The second-order valence-corrected chi connectivity index (χ2v) is 5.15. The molecule has 0 fully saturated rings. The normalized spacial score (nSPS) is 9.86. The minimum atomic E-state index is -1.28. The molecule has 11 heteroatoms. The van der Waals surface area contributed by atoms with Gasteiger partial charge in [-0.3, -0.25) is 9.59 Å². The quantitative estimate of drug-likeness (QED) is 0.284. The molecule has 2 aromatic rings. The third-order valence-electron chi connectivity index (χ3n) is 3.25. The van der Waals surface area contributed by atoms with Crippen molar-refractivity contribution in [2.45, 2.75) is 6.42 Å². The van der Waals surface area contributed by atoms with E-state index in [9.17, 15) is 19.5 Å². The van der Waals surface area contributed by atoms with Crippen molar-refractivity contribution in [1.29, 1.82) is 0 Å². The minimum absolute atomic E-state index is 0. The number of nitrogens with one attached hydrogen (secondary N) is 1. The molecule has 0 heterocycles. The zero-order valence-corrected chi connectivity index (χ0v) is 19.4. The largest absolute Gasteiger partial charge is 1.00 e. The molecule has 0 saturated carbocycles. The number of rotatable bonds is 7. The first-order valence-corrected chi connectivity index (χ1v) is 7.45. The number of aromatic hydroxyl groups is 1. The van der Waals surface area contributed by atoms with Crippen molar-refractivity contribution in [3.05, 3.63) is 53.6 Å². The van der Waals surface area contributed by atoms with Crippen molar-refractivity contribution in [3.63, 3.8) is 0 Å². The molecule has 0 aliphatic rings. The number of hydrogen-bond donors (Lipinski definition) is 4. The van der Waals surface area contributed by atoms with Gasteiger partial charge in [0.15, 0.2) is 0 Å². The Balaban J connectivity index is -0.00000182. The van der Waals surface area contributed by atoms with E-state index in [4.69, 9.17) is 10.2 Å². The Morgan fingerprint density at radius 1 is 0.929 bits per heavy atom. The summed E-state index contributed by atoms with van der Waals surface area (Å²) in [7, 11) is 0. The molecule has 1 amide bonds. The van der Waals surface area contributed by atoms with E-state index in [0.29, 0.717) is 11.3 Å². The van der Waals surface area contributed by atoms with E-state index in [0.717, 1.165) is 0 Å². The van der Waals surface area contributed by atoms with Crippen LogP contribution in [-0.2, 0) is 4.79 Å². The fraction of sp³-hybridized carbons (Fsp3) is 0.118. The summed E-state index contributed by atoms with van der Waals surface area (Å²) in [6.07, 6.45) is -0.164. The van der Waals surface area contributed by atoms with Gasteiger partial charge >= 0.3 is 71.1 Å². The van der Waals surface area contributed by atoms with Crippen LogP contribution in [0.25, 0.3) is 0 Å². The molecule has 0 aromatic heterocycles. The van der Waals surface area contributed by atoms with Crippen LogP contribution in [0.2, 0.25) is 0 Å². The SMILES string of the molecule is O=C(O)CCNC(=O)c1ccc(N=Nc2ccc(O)c(C(=O)O)c2)cc1.[H-].[H-].[Na+].[Na+]. The predicted molar refractivity (Wildman–Crippen MR) is 92.5 cm³/mol. The zero-order chi connectivity index (χ0) is 19.1. The monoisotopic (exact) mass is 405 g/mol. The van der Waals surface area contributed by atoms with Gasteiger partial charge in [-0.2, -0.15) is 10.2 Å². The van der Waals surface area contributed by atoms with Crippen LogP contribution in [0.3, 0.4) is 0 Å². The van der Waals surface area contributed by atoms with Gasteiger partial charge in [0.25, 0.3) is 5.91 Å². The number of nitrogens with zero attached hydrogens (tertiary/aromatic N) is 2. The Morgan fingerprint density at radius 3 is 2.07 bits per heavy atom. The number of aliphatic carboxylic acids is 1. The number of carboxylic acid groups (broad SMARTS) is 2. The summed E-state index contributed by atoms with van der Waals surface area (Å²) in [5.41, 5.74) is 0.731. The molecule has 4 N–H and O–H groups in total. The third kappa shape index (κ3) is 8.09. The van der Waals surface area contributed by atoms with Crippen LogP contribution in [0.15, 0.2) is 52.7 Å². The minimum Gasteiger partial charge on any atom is -1.00 e. The van der Waals surface area contributed by atoms with Gasteiger partial charge in [-0.25, -0.2) is 4.79 Å². The summed E-state index contributed by atoms with van der Waals surface area (Å²) in [6, 6.07) is 9.89. The number of phenols is 1. The Hall–Kier alpha value is -1.75. The molecule has 28 heavy (non-hydrogen) atoms. The van der Waals surface area contributed by atoms with E-state index in [1.807, 2.05) is 0 Å². The summed E-state index contributed by atoms with van der Waals surface area (Å²) >= 11 is 0. The Morgan fingerprint density at radius 2 is 1.50 bits per heavy atom. The maximum absolute atomic E-state index is 11.8. The number of carbonyl (C=O) groups excluding carboxylic acids is 1. The second-order valence-electron chi connectivity index (χ2n) is 5.15. The molecule has 0 unspecified atom stereocenters. The van der Waals surface area contributed by atoms with Gasteiger partial charge < -0.3 is 23.5 Å². The molecule has 0 spiro atoms. The van der Waals surface area contributed by atoms with Crippen LogP contribution in [0.4, 0.5) is 11.4 Å². The Labute approximate surface area is 207 Å². The molecule has 0 aliphatic carbocycles. The van der Waals surface area contributed by atoms with Gasteiger partial charge in [-0.15, -0.1) is 0 Å². The van der Waals surface area contributed by atoms with Crippen LogP contribution in [-0.4, -0.2) is 39.7 Å². The van der Waals surface area contributed by atoms with Crippen molar-refractivity contribution in [2.24, 2.45) is 10.2 Å². The zero-order valence-electron chi connectivity index (χ0n) is 17.4. The van der Waals surface area contributed by atoms with E-state index in [1.165, 1.54) is 42.5 Å². The molecule has 2 rings (SSSR count). The fourth-order valence-electron chi connectivity index (χ4n) is 1.94. The molecule has 0 atom stereocenters. The maximum atomic E-state index is 11.8. The van der Waals surface area contributed by atoms with Crippen LogP contribution in [0.5, 0.6) is 5.75 Å². The van der Waals surface area contributed by atoms with E-state index < -0.39 is 17.8 Å². The van der Waals surface area contributed by atoms with Crippen LogP contribution in [0.1, 0.15) is 30.0 Å². The van der Waals surface area contributed by atoms with Crippen molar-refractivity contribution < 1.29 is 91.7 Å². The number of azo groups is 1. The van der Waals surface area contributed by atoms with Crippen molar-refractivity contribution in [1.82, 2.24) is 5.32 Å². The summed E-state index contributed by atoms with van der Waals surface area (Å²) in [5, 5.41) is 37.2. The van der Waals surface area contributed by atoms with Gasteiger partial charge in [-0.1, -0.05) is 0 Å². The van der Waals surface area contributed by atoms with Crippen LogP contribution in [0, 0.1) is 0 Å². The van der Waals surface area contributed by atoms with Crippen LogP contribution < -0.4 is 64.4 Å². The van der Waals surface area contributed by atoms with Gasteiger partial charge in [-0.05, 0) is 42.5 Å². The van der Waals surface area contributed by atoms with E-state index in [-0.39, 0.29) is 91.9 Å². The van der Waals surface area contributed by atoms with E-state index in [1.54, 1.807) is 0 Å². The summed E-state index contributed by atoms with van der Waals surface area (Å²) in [4.78, 5) is 33.2. The number of carboxylic acids is 2. The fourth-order valence-corrected chi connectivity index (χ4v) is 1.94. The molecule has 9 nitrogen and oxygen atoms in total.